The lowest BCUT2D eigenvalue weighted by atomic mass is 10.1. The fraction of sp³-hybridized carbons (Fsp3) is 0.636. The minimum absolute atomic E-state index is 0.127. The van der Waals surface area contributed by atoms with Crippen LogP contribution in [0.3, 0.4) is 0 Å². The summed E-state index contributed by atoms with van der Waals surface area (Å²) in [5.41, 5.74) is 0.127. The van der Waals surface area contributed by atoms with Crippen LogP contribution in [0.15, 0.2) is 23.3 Å². The standard InChI is InChI=1S/C9H15F2N.C2H6/c1-4-8(10)7(6-12-3)9(11)5-2;1-2/h4,12H,5-6H2,1-3H3;1-2H3/b8-4+,9-7+;. The van der Waals surface area contributed by atoms with Gasteiger partial charge in [-0.15, -0.1) is 0 Å². The van der Waals surface area contributed by atoms with Crippen LogP contribution in [0.25, 0.3) is 0 Å². The van der Waals surface area contributed by atoms with Crippen molar-refractivity contribution in [3.8, 4) is 0 Å². The molecule has 0 rings (SSSR count). The third-order valence-corrected chi connectivity index (χ3v) is 1.53. The molecule has 3 heteroatoms. The molecule has 0 bridgehead atoms. The fourth-order valence-electron chi connectivity index (χ4n) is 0.874. The van der Waals surface area contributed by atoms with Crippen LogP contribution < -0.4 is 5.32 Å². The zero-order valence-corrected chi connectivity index (χ0v) is 9.75. The molecule has 0 radical (unpaired) electrons. The highest BCUT2D eigenvalue weighted by Gasteiger charge is 2.08. The van der Waals surface area contributed by atoms with Gasteiger partial charge < -0.3 is 5.32 Å². The van der Waals surface area contributed by atoms with E-state index in [2.05, 4.69) is 5.32 Å². The van der Waals surface area contributed by atoms with Gasteiger partial charge in [0.15, 0.2) is 0 Å². The molecular formula is C11H21F2N. The van der Waals surface area contributed by atoms with Crippen molar-refractivity contribution in [3.05, 3.63) is 23.3 Å². The first kappa shape index (κ1) is 15.8. The molecule has 0 amide bonds. The molecule has 0 aliphatic carbocycles. The second-order valence-corrected chi connectivity index (χ2v) is 2.40. The highest BCUT2D eigenvalue weighted by molar-refractivity contribution is 5.28. The second kappa shape index (κ2) is 10.4. The fourth-order valence-corrected chi connectivity index (χ4v) is 0.874. The second-order valence-electron chi connectivity index (χ2n) is 2.40. The summed E-state index contributed by atoms with van der Waals surface area (Å²) in [4.78, 5) is 0. The molecule has 0 fully saturated rings. The van der Waals surface area contributed by atoms with Gasteiger partial charge in [0.05, 0.1) is 0 Å². The van der Waals surface area contributed by atoms with E-state index in [-0.39, 0.29) is 24.4 Å². The largest absolute Gasteiger partial charge is 0.315 e. The molecule has 0 heterocycles. The van der Waals surface area contributed by atoms with Gasteiger partial charge in [-0.1, -0.05) is 26.8 Å². The lowest BCUT2D eigenvalue weighted by Crippen LogP contribution is -2.12. The molecule has 1 nitrogen and oxygen atoms in total. The van der Waals surface area contributed by atoms with Gasteiger partial charge in [-0.25, -0.2) is 8.78 Å². The van der Waals surface area contributed by atoms with E-state index in [4.69, 9.17) is 0 Å². The minimum Gasteiger partial charge on any atom is -0.315 e. The summed E-state index contributed by atoms with van der Waals surface area (Å²) in [6.45, 7) is 7.44. The highest BCUT2D eigenvalue weighted by Crippen LogP contribution is 2.18. The topological polar surface area (TPSA) is 12.0 Å². The Labute approximate surface area is 85.9 Å². The van der Waals surface area contributed by atoms with Gasteiger partial charge in [0.25, 0.3) is 0 Å². The van der Waals surface area contributed by atoms with Crippen LogP contribution in [0.2, 0.25) is 0 Å². The number of hydrogen-bond acceptors (Lipinski definition) is 1. The Morgan fingerprint density at radius 3 is 2.07 bits per heavy atom. The van der Waals surface area contributed by atoms with E-state index in [1.165, 1.54) is 6.08 Å². The lowest BCUT2D eigenvalue weighted by molar-refractivity contribution is 0.558. The van der Waals surface area contributed by atoms with E-state index in [9.17, 15) is 8.78 Å². The minimum atomic E-state index is -0.483. The molecule has 0 aromatic carbocycles. The summed E-state index contributed by atoms with van der Waals surface area (Å²) >= 11 is 0. The number of rotatable bonds is 4. The van der Waals surface area contributed by atoms with Crippen molar-refractivity contribution in [1.82, 2.24) is 5.32 Å². The summed E-state index contributed by atoms with van der Waals surface area (Å²) in [6.07, 6.45) is 1.50. The molecule has 84 valence electrons. The van der Waals surface area contributed by atoms with E-state index in [0.717, 1.165) is 0 Å². The maximum Gasteiger partial charge on any atom is 0.126 e. The maximum atomic E-state index is 13.0. The Bertz CT molecular complexity index is 195. The first-order valence-electron chi connectivity index (χ1n) is 5.01. The highest BCUT2D eigenvalue weighted by atomic mass is 19.1. The molecule has 0 aromatic heterocycles. The van der Waals surface area contributed by atoms with Crippen molar-refractivity contribution >= 4 is 0 Å². The van der Waals surface area contributed by atoms with Crippen LogP contribution in [-0.4, -0.2) is 13.6 Å². The van der Waals surface area contributed by atoms with Gasteiger partial charge in [-0.2, -0.15) is 0 Å². The van der Waals surface area contributed by atoms with Crippen LogP contribution in [0.4, 0.5) is 8.78 Å². The molecule has 0 aliphatic heterocycles. The Morgan fingerprint density at radius 2 is 1.79 bits per heavy atom. The van der Waals surface area contributed by atoms with E-state index in [1.54, 1.807) is 20.9 Å². The summed E-state index contributed by atoms with van der Waals surface area (Å²) in [5.74, 6) is -0.872. The van der Waals surface area contributed by atoms with Gasteiger partial charge in [0.1, 0.15) is 11.7 Å². The molecule has 1 N–H and O–H groups in total. The quantitative estimate of drug-likeness (QED) is 0.689. The van der Waals surface area contributed by atoms with Crippen molar-refractivity contribution in [3.63, 3.8) is 0 Å². The van der Waals surface area contributed by atoms with Crippen LogP contribution in [0.1, 0.15) is 34.1 Å². The van der Waals surface area contributed by atoms with Crippen molar-refractivity contribution in [2.24, 2.45) is 0 Å². The Kier molecular flexibility index (Phi) is 11.7. The Balaban J connectivity index is 0. The summed E-state index contributed by atoms with van der Waals surface area (Å²) in [5, 5.41) is 2.72. The van der Waals surface area contributed by atoms with E-state index in [0.29, 0.717) is 0 Å². The molecule has 0 saturated heterocycles. The first-order chi connectivity index (χ1) is 6.67. The molecule has 0 saturated carbocycles. The van der Waals surface area contributed by atoms with Gasteiger partial charge in [0.2, 0.25) is 0 Å². The monoisotopic (exact) mass is 205 g/mol. The predicted molar refractivity (Wildman–Crippen MR) is 58.6 cm³/mol. The Morgan fingerprint density at radius 1 is 1.29 bits per heavy atom. The summed E-state index contributed by atoms with van der Waals surface area (Å²) in [7, 11) is 1.66. The van der Waals surface area contributed by atoms with E-state index < -0.39 is 5.83 Å². The van der Waals surface area contributed by atoms with Crippen molar-refractivity contribution < 1.29 is 8.78 Å². The number of hydrogen-bond donors (Lipinski definition) is 1. The van der Waals surface area contributed by atoms with Gasteiger partial charge >= 0.3 is 0 Å². The molecule has 0 atom stereocenters. The van der Waals surface area contributed by atoms with Gasteiger partial charge in [-0.05, 0) is 20.4 Å². The summed E-state index contributed by atoms with van der Waals surface area (Å²) in [6, 6.07) is 0. The zero-order chi connectivity index (χ0) is 11.6. The third kappa shape index (κ3) is 5.86. The lowest BCUT2D eigenvalue weighted by Gasteiger charge is -2.05. The number of allylic oxidation sites excluding steroid dienone is 2. The van der Waals surface area contributed by atoms with Crippen LogP contribution in [0, 0.1) is 0 Å². The SMILES string of the molecule is C/C=C(F)\C(CNC)=C(\F)CC.CC. The normalized spacial score (nSPS) is 12.9. The van der Waals surface area contributed by atoms with Crippen LogP contribution in [-0.2, 0) is 0 Å². The smallest absolute Gasteiger partial charge is 0.126 e. The van der Waals surface area contributed by atoms with Crippen molar-refractivity contribution in [2.75, 3.05) is 13.6 Å². The maximum absolute atomic E-state index is 13.0. The molecule has 0 unspecified atom stereocenters. The number of nitrogens with one attached hydrogen (secondary N) is 1. The Hall–Kier alpha value is -0.700. The number of likely N-dealkylation sites (N-methyl/N-ethyl adjacent to an activating group) is 1. The summed E-state index contributed by atoms with van der Waals surface area (Å²) < 4.78 is 25.9. The third-order valence-electron chi connectivity index (χ3n) is 1.53. The molecular weight excluding hydrogens is 184 g/mol. The average molecular weight is 205 g/mol. The predicted octanol–water partition coefficient (Wildman–Crippen LogP) is 3.74. The number of halogens is 2. The van der Waals surface area contributed by atoms with Crippen LogP contribution in [0.5, 0.6) is 0 Å². The average Bonchev–Trinajstić information content (AvgIpc) is 2.26. The molecule has 0 aromatic rings. The molecule has 14 heavy (non-hydrogen) atoms. The van der Waals surface area contributed by atoms with Crippen LogP contribution >= 0.6 is 0 Å². The zero-order valence-electron chi connectivity index (χ0n) is 9.75. The van der Waals surface area contributed by atoms with E-state index in [1.807, 2.05) is 13.8 Å². The van der Waals surface area contributed by atoms with Crippen molar-refractivity contribution in [2.45, 2.75) is 34.1 Å². The van der Waals surface area contributed by atoms with Gasteiger partial charge in [0, 0.05) is 12.1 Å². The van der Waals surface area contributed by atoms with Gasteiger partial charge in [-0.3, -0.25) is 0 Å². The van der Waals surface area contributed by atoms with E-state index >= 15 is 0 Å². The first-order valence-corrected chi connectivity index (χ1v) is 5.01. The van der Waals surface area contributed by atoms with Crippen molar-refractivity contribution in [1.29, 1.82) is 0 Å². The molecule has 0 spiro atoms. The molecule has 0 aliphatic rings.